The zero-order chi connectivity index (χ0) is 21.3. The van der Waals surface area contributed by atoms with Gasteiger partial charge in [-0.15, -0.1) is 11.3 Å². The fraction of sp³-hybridized carbons (Fsp3) is 0.0870. The molecule has 0 fully saturated rings. The number of aryl methyl sites for hydroxylation is 1. The van der Waals surface area contributed by atoms with E-state index in [1.54, 1.807) is 29.1 Å². The van der Waals surface area contributed by atoms with Crippen LogP contribution >= 0.6 is 11.3 Å². The molecular weight excluding hydrogens is 396 g/mol. The molecule has 2 aromatic heterocycles. The number of carbonyl (C=O) groups excluding carboxylic acids is 2. The molecule has 4 aromatic rings. The molecule has 0 bridgehead atoms. The number of hydrogen-bond acceptors (Lipinski definition) is 4. The van der Waals surface area contributed by atoms with Crippen molar-refractivity contribution in [3.8, 4) is 16.9 Å². The van der Waals surface area contributed by atoms with Crippen LogP contribution in [0.3, 0.4) is 0 Å². The van der Waals surface area contributed by atoms with Gasteiger partial charge in [0.15, 0.2) is 0 Å². The Morgan fingerprint density at radius 3 is 2.53 bits per heavy atom. The molecule has 2 amide bonds. The number of nitrogens with two attached hydrogens (primary N) is 1. The second-order valence-electron chi connectivity index (χ2n) is 6.85. The van der Waals surface area contributed by atoms with Crippen molar-refractivity contribution >= 4 is 28.2 Å². The van der Waals surface area contributed by atoms with Crippen LogP contribution in [0.1, 0.15) is 31.2 Å². The maximum atomic E-state index is 12.9. The average Bonchev–Trinajstić information content (AvgIpc) is 3.34. The van der Waals surface area contributed by atoms with Gasteiger partial charge in [-0.05, 0) is 43.7 Å². The molecule has 0 saturated heterocycles. The van der Waals surface area contributed by atoms with E-state index < -0.39 is 5.91 Å². The number of benzene rings is 2. The molecule has 3 N–H and O–H groups in total. The minimum atomic E-state index is -0.551. The SMILES string of the molecule is Cc1sc(NC(=O)c2cccc(-n3nccc3-c3ccccc3)c2)c(C(N)=O)c1C. The minimum Gasteiger partial charge on any atom is -0.365 e. The van der Waals surface area contributed by atoms with Gasteiger partial charge in [0, 0.05) is 16.0 Å². The largest absolute Gasteiger partial charge is 0.365 e. The highest BCUT2D eigenvalue weighted by Crippen LogP contribution is 2.32. The Kier molecular flexibility index (Phi) is 5.20. The second-order valence-corrected chi connectivity index (χ2v) is 8.08. The highest BCUT2D eigenvalue weighted by Gasteiger charge is 2.20. The lowest BCUT2D eigenvalue weighted by Gasteiger charge is -2.10. The van der Waals surface area contributed by atoms with Crippen molar-refractivity contribution in [1.29, 1.82) is 0 Å². The van der Waals surface area contributed by atoms with Crippen LogP contribution < -0.4 is 11.1 Å². The van der Waals surface area contributed by atoms with Crippen LogP contribution in [0.15, 0.2) is 66.9 Å². The van der Waals surface area contributed by atoms with Gasteiger partial charge >= 0.3 is 0 Å². The van der Waals surface area contributed by atoms with Crippen molar-refractivity contribution in [1.82, 2.24) is 9.78 Å². The molecule has 6 nitrogen and oxygen atoms in total. The van der Waals surface area contributed by atoms with Gasteiger partial charge in [-0.2, -0.15) is 5.10 Å². The fourth-order valence-electron chi connectivity index (χ4n) is 3.30. The Hall–Kier alpha value is -3.71. The highest BCUT2D eigenvalue weighted by molar-refractivity contribution is 7.16. The van der Waals surface area contributed by atoms with E-state index >= 15 is 0 Å². The number of nitrogens with one attached hydrogen (secondary N) is 1. The van der Waals surface area contributed by atoms with Crippen molar-refractivity contribution in [2.45, 2.75) is 13.8 Å². The number of carbonyl (C=O) groups is 2. The molecule has 0 aliphatic rings. The lowest BCUT2D eigenvalue weighted by molar-refractivity contribution is 0.100. The Morgan fingerprint density at radius 2 is 1.80 bits per heavy atom. The maximum Gasteiger partial charge on any atom is 0.256 e. The number of hydrogen-bond donors (Lipinski definition) is 2. The van der Waals surface area contributed by atoms with E-state index in [1.807, 2.05) is 56.3 Å². The molecule has 0 unspecified atom stereocenters. The zero-order valence-corrected chi connectivity index (χ0v) is 17.4. The summed E-state index contributed by atoms with van der Waals surface area (Å²) in [7, 11) is 0. The third-order valence-electron chi connectivity index (χ3n) is 4.92. The monoisotopic (exact) mass is 416 g/mol. The second kappa shape index (κ2) is 7.96. The molecule has 0 spiro atoms. The Morgan fingerprint density at radius 1 is 1.03 bits per heavy atom. The number of primary amides is 1. The summed E-state index contributed by atoms with van der Waals surface area (Å²) >= 11 is 1.34. The summed E-state index contributed by atoms with van der Waals surface area (Å²) in [5.74, 6) is -0.862. The van der Waals surface area contributed by atoms with Crippen molar-refractivity contribution < 1.29 is 9.59 Å². The number of nitrogens with zero attached hydrogens (tertiary/aromatic N) is 2. The summed E-state index contributed by atoms with van der Waals surface area (Å²) in [4.78, 5) is 25.7. The van der Waals surface area contributed by atoms with Crippen LogP contribution in [0.5, 0.6) is 0 Å². The maximum absolute atomic E-state index is 12.9. The van der Waals surface area contributed by atoms with E-state index in [2.05, 4.69) is 10.4 Å². The molecule has 0 aliphatic heterocycles. The number of aromatic nitrogens is 2. The lowest BCUT2D eigenvalue weighted by atomic mass is 10.1. The first-order chi connectivity index (χ1) is 14.5. The van der Waals surface area contributed by atoms with Gasteiger partial charge in [-0.3, -0.25) is 9.59 Å². The van der Waals surface area contributed by atoms with Crippen molar-refractivity contribution in [3.63, 3.8) is 0 Å². The summed E-state index contributed by atoms with van der Waals surface area (Å²) in [5, 5.41) is 7.73. The van der Waals surface area contributed by atoms with E-state index in [4.69, 9.17) is 5.73 Å². The first-order valence-corrected chi connectivity index (χ1v) is 10.2. The van der Waals surface area contributed by atoms with E-state index in [0.29, 0.717) is 16.1 Å². The quantitative estimate of drug-likeness (QED) is 0.499. The van der Waals surface area contributed by atoms with Crippen LogP contribution in [0.25, 0.3) is 16.9 Å². The van der Waals surface area contributed by atoms with Crippen molar-refractivity contribution in [3.05, 3.63) is 88.4 Å². The number of anilines is 1. The fourth-order valence-corrected chi connectivity index (χ4v) is 4.36. The predicted molar refractivity (Wildman–Crippen MR) is 119 cm³/mol. The summed E-state index contributed by atoms with van der Waals surface area (Å²) in [6.45, 7) is 3.72. The molecular formula is C23H20N4O2S. The topological polar surface area (TPSA) is 90.0 Å². The number of rotatable bonds is 5. The average molecular weight is 417 g/mol. The third kappa shape index (κ3) is 3.62. The van der Waals surface area contributed by atoms with Crippen molar-refractivity contribution in [2.24, 2.45) is 5.73 Å². The summed E-state index contributed by atoms with van der Waals surface area (Å²) in [6, 6.07) is 19.0. The zero-order valence-electron chi connectivity index (χ0n) is 16.5. The smallest absolute Gasteiger partial charge is 0.256 e. The number of thiophene rings is 1. The van der Waals surface area contributed by atoms with Crippen LogP contribution in [0.2, 0.25) is 0 Å². The first-order valence-electron chi connectivity index (χ1n) is 9.36. The highest BCUT2D eigenvalue weighted by atomic mass is 32.1. The van der Waals surface area contributed by atoms with Crippen LogP contribution in [0.4, 0.5) is 5.00 Å². The van der Waals surface area contributed by atoms with Gasteiger partial charge in [0.05, 0.1) is 23.1 Å². The molecule has 2 heterocycles. The van der Waals surface area contributed by atoms with Gasteiger partial charge < -0.3 is 11.1 Å². The third-order valence-corrected chi connectivity index (χ3v) is 6.05. The Labute approximate surface area is 178 Å². The van der Waals surface area contributed by atoms with Gasteiger partial charge in [-0.25, -0.2) is 4.68 Å². The molecule has 0 radical (unpaired) electrons. The van der Waals surface area contributed by atoms with Crippen LogP contribution in [0, 0.1) is 13.8 Å². The van der Waals surface area contributed by atoms with Gasteiger partial charge in [0.25, 0.3) is 11.8 Å². The molecule has 0 aliphatic carbocycles. The van der Waals surface area contributed by atoms with Gasteiger partial charge in [0.2, 0.25) is 0 Å². The molecule has 2 aromatic carbocycles. The lowest BCUT2D eigenvalue weighted by Crippen LogP contribution is -2.17. The predicted octanol–water partition coefficient (Wildman–Crippen LogP) is 4.57. The molecule has 0 atom stereocenters. The molecule has 4 rings (SSSR count). The van der Waals surface area contributed by atoms with Gasteiger partial charge in [-0.1, -0.05) is 36.4 Å². The minimum absolute atomic E-state index is 0.311. The normalized spacial score (nSPS) is 10.7. The van der Waals surface area contributed by atoms with Gasteiger partial charge in [0.1, 0.15) is 5.00 Å². The summed E-state index contributed by atoms with van der Waals surface area (Å²) in [6.07, 6.45) is 1.73. The number of amides is 2. The Balaban J connectivity index is 1.66. The van der Waals surface area contributed by atoms with E-state index in [0.717, 1.165) is 27.4 Å². The van der Waals surface area contributed by atoms with Crippen LogP contribution in [-0.2, 0) is 0 Å². The summed E-state index contributed by atoms with van der Waals surface area (Å²) < 4.78 is 1.79. The molecule has 150 valence electrons. The molecule has 7 heteroatoms. The van der Waals surface area contributed by atoms with E-state index in [-0.39, 0.29) is 5.91 Å². The van der Waals surface area contributed by atoms with Crippen molar-refractivity contribution in [2.75, 3.05) is 5.32 Å². The van der Waals surface area contributed by atoms with E-state index in [1.165, 1.54) is 11.3 Å². The Bertz CT molecular complexity index is 1240. The standard InChI is InChI=1S/C23H20N4O2S/c1-14-15(2)30-23(20(14)21(24)28)26-22(29)17-9-6-10-18(13-17)27-19(11-12-25-27)16-7-4-3-5-8-16/h3-13H,1-2H3,(H2,24,28)(H,26,29). The van der Waals surface area contributed by atoms with E-state index in [9.17, 15) is 9.59 Å². The summed E-state index contributed by atoms with van der Waals surface area (Å²) in [5.41, 5.74) is 9.84. The molecule has 30 heavy (non-hydrogen) atoms. The van der Waals surface area contributed by atoms with Crippen LogP contribution in [-0.4, -0.2) is 21.6 Å². The molecule has 0 saturated carbocycles. The first kappa shape index (κ1) is 19.6.